The van der Waals surface area contributed by atoms with Crippen molar-refractivity contribution in [1.82, 2.24) is 4.57 Å². The second kappa shape index (κ2) is 7.78. The Balaban J connectivity index is 2.00. The third-order valence-electron chi connectivity index (χ3n) is 4.91. The zero-order valence-corrected chi connectivity index (χ0v) is 18.2. The summed E-state index contributed by atoms with van der Waals surface area (Å²) in [5.74, 6) is -5.72. The molecule has 1 saturated carbocycles. The molecule has 3 N–H and O–H groups in total. The highest BCUT2D eigenvalue weighted by atomic mass is 79.9. The summed E-state index contributed by atoms with van der Waals surface area (Å²) in [6, 6.07) is 2.68. The normalized spacial score (nSPS) is 15.3. The highest BCUT2D eigenvalue weighted by Crippen LogP contribution is 2.46. The number of nitrogens with one attached hydrogen (secondary N) is 1. The van der Waals surface area contributed by atoms with Crippen molar-refractivity contribution in [2.24, 2.45) is 7.05 Å². The fourth-order valence-corrected chi connectivity index (χ4v) is 5.81. The Morgan fingerprint density at radius 3 is 2.34 bits per heavy atom. The van der Waals surface area contributed by atoms with Crippen LogP contribution in [-0.2, 0) is 17.1 Å². The number of nitriles is 1. The largest absolute Gasteiger partial charge is 0.445 e. The smallest absolute Gasteiger partial charge is 0.331 e. The molecule has 1 aliphatic rings. The van der Waals surface area contributed by atoms with Crippen molar-refractivity contribution < 1.29 is 44.3 Å². The maximum absolute atomic E-state index is 15.0. The van der Waals surface area contributed by atoms with Gasteiger partial charge in [0.05, 0.1) is 5.69 Å². The van der Waals surface area contributed by atoms with Crippen molar-refractivity contribution in [2.45, 2.75) is 29.5 Å². The Kier molecular flexibility index (Phi) is 5.86. The molecule has 1 heterocycles. The molecule has 1 aromatic carbocycles. The van der Waals surface area contributed by atoms with Crippen LogP contribution >= 0.6 is 15.9 Å². The van der Waals surface area contributed by atoms with Gasteiger partial charge in [0.1, 0.15) is 27.7 Å². The number of quaternary nitrogens is 1. The number of sulfonamides is 1. The number of primary sulfonamides is 1. The maximum Gasteiger partial charge on any atom is 0.445 e. The summed E-state index contributed by atoms with van der Waals surface area (Å²) in [5.41, 5.74) is -5.28. The number of alkyl halides is 3. The van der Waals surface area contributed by atoms with Crippen molar-refractivity contribution >= 4 is 37.5 Å². The van der Waals surface area contributed by atoms with Crippen molar-refractivity contribution in [3.63, 3.8) is 0 Å². The molecule has 32 heavy (non-hydrogen) atoms. The molecule has 0 radical (unpaired) electrons. The number of rotatable bonds is 5. The van der Waals surface area contributed by atoms with Crippen LogP contribution in [0.3, 0.4) is 0 Å². The number of benzene rings is 1. The molecule has 1 aromatic heterocycles. The topological polar surface area (TPSA) is 109 Å². The first-order valence-corrected chi connectivity index (χ1v) is 10.9. The number of hydrogen-bond acceptors (Lipinski definition) is 4. The number of aromatic nitrogens is 1. The van der Waals surface area contributed by atoms with Crippen molar-refractivity contribution in [3.8, 4) is 6.07 Å². The van der Waals surface area contributed by atoms with Gasteiger partial charge < -0.3 is 9.88 Å². The van der Waals surface area contributed by atoms with Crippen LogP contribution in [0.5, 0.6) is 0 Å². The molecular weight excluding hydrogens is 534 g/mol. The van der Waals surface area contributed by atoms with Crippen LogP contribution in [0.1, 0.15) is 28.9 Å². The molecule has 0 saturated heterocycles. The summed E-state index contributed by atoms with van der Waals surface area (Å²) in [4.78, 5) is 11.3. The van der Waals surface area contributed by atoms with Gasteiger partial charge in [0.2, 0.25) is 5.54 Å². The first-order valence-electron chi connectivity index (χ1n) is 8.57. The number of hydrogen-bond donors (Lipinski definition) is 2. The van der Waals surface area contributed by atoms with Gasteiger partial charge in [-0.05, 0) is 28.1 Å². The molecule has 15 heteroatoms. The summed E-state index contributed by atoms with van der Waals surface area (Å²) < 4.78 is 107. The number of nitrogens with two attached hydrogens (primary N) is 1. The molecule has 0 atom stereocenters. The number of halogens is 7. The standard InChI is InChI=1S/C17H11BrF6N4O3S/c1-28-12(15(29)26-9-3-2-8(19)7(6-25)10(9)20)11(21)13(14(28)18)32(30,31)27-16(4-5-16)17(22,23)24/h2-3,27H,4-5H2,1H3,(H,26,29)/p+1. The zero-order chi connectivity index (χ0) is 24.2. The Hall–Kier alpha value is -2.57. The van der Waals surface area contributed by atoms with Gasteiger partial charge in [0.15, 0.2) is 16.5 Å². The van der Waals surface area contributed by atoms with Crippen LogP contribution < -0.4 is 10.0 Å². The van der Waals surface area contributed by atoms with E-state index in [4.69, 9.17) is 5.26 Å². The molecule has 0 unspecified atom stereocenters. The minimum absolute atomic E-state index is 0.0176. The lowest BCUT2D eigenvalue weighted by Gasteiger charge is -2.16. The van der Waals surface area contributed by atoms with Gasteiger partial charge in [-0.1, -0.05) is 0 Å². The van der Waals surface area contributed by atoms with E-state index in [0.29, 0.717) is 10.6 Å². The third-order valence-corrected chi connectivity index (χ3v) is 7.80. The summed E-state index contributed by atoms with van der Waals surface area (Å²) in [6.45, 7) is 0. The summed E-state index contributed by atoms with van der Waals surface area (Å²) in [5, 5.41) is 10.7. The lowest BCUT2D eigenvalue weighted by atomic mass is 10.2. The van der Waals surface area contributed by atoms with Crippen molar-refractivity contribution in [2.75, 3.05) is 5.32 Å². The van der Waals surface area contributed by atoms with Gasteiger partial charge >= 0.3 is 16.2 Å². The molecule has 2 aromatic rings. The van der Waals surface area contributed by atoms with Gasteiger partial charge in [-0.2, -0.15) is 26.9 Å². The highest BCUT2D eigenvalue weighted by molar-refractivity contribution is 9.10. The zero-order valence-electron chi connectivity index (χ0n) is 15.8. The number of anilines is 1. The molecule has 1 aliphatic carbocycles. The summed E-state index contributed by atoms with van der Waals surface area (Å²) >= 11 is 2.76. The van der Waals surface area contributed by atoms with Gasteiger partial charge in [0, 0.05) is 19.9 Å². The lowest BCUT2D eigenvalue weighted by Crippen LogP contribution is -2.97. The Labute approximate surface area is 185 Å². The first kappa shape index (κ1) is 24.1. The average Bonchev–Trinajstić information content (AvgIpc) is 3.39. The number of carbonyl (C=O) groups is 1. The van der Waals surface area contributed by atoms with E-state index in [9.17, 15) is 35.2 Å². The number of nitrogens with zero attached hydrogens (tertiary/aromatic N) is 2. The average molecular weight is 546 g/mol. The first-order chi connectivity index (χ1) is 14.7. The van der Waals surface area contributed by atoms with E-state index in [1.165, 1.54) is 6.07 Å². The van der Waals surface area contributed by atoms with E-state index >= 15 is 4.39 Å². The van der Waals surface area contributed by atoms with Crippen LogP contribution in [0.15, 0.2) is 21.6 Å². The molecule has 0 aliphatic heterocycles. The van der Waals surface area contributed by atoms with E-state index in [1.54, 1.807) is 0 Å². The maximum atomic E-state index is 15.0. The molecule has 3 rings (SSSR count). The monoisotopic (exact) mass is 545 g/mol. The predicted octanol–water partition coefficient (Wildman–Crippen LogP) is 2.68. The molecule has 7 nitrogen and oxygen atoms in total. The van der Waals surface area contributed by atoms with E-state index < -0.39 is 84.4 Å². The minimum atomic E-state index is -4.97. The van der Waals surface area contributed by atoms with Gasteiger partial charge in [-0.25, -0.2) is 17.9 Å². The lowest BCUT2D eigenvalue weighted by molar-refractivity contribution is -0.598. The van der Waals surface area contributed by atoms with E-state index in [0.717, 1.165) is 13.1 Å². The summed E-state index contributed by atoms with van der Waals surface area (Å²) in [6.07, 6.45) is -5.84. The fourth-order valence-electron chi connectivity index (χ4n) is 2.98. The Morgan fingerprint density at radius 1 is 1.25 bits per heavy atom. The fraction of sp³-hybridized carbons (Fsp3) is 0.294. The molecule has 0 bridgehead atoms. The highest BCUT2D eigenvalue weighted by Gasteiger charge is 2.70. The van der Waals surface area contributed by atoms with Crippen LogP contribution in [0, 0.1) is 28.8 Å². The second-order valence-corrected chi connectivity index (χ2v) is 9.49. The van der Waals surface area contributed by atoms with E-state index in [-0.39, 0.29) is 4.72 Å². The van der Waals surface area contributed by atoms with Gasteiger partial charge in [0.25, 0.3) is 5.91 Å². The molecule has 172 valence electrons. The summed E-state index contributed by atoms with van der Waals surface area (Å²) in [7, 11) is -3.93. The van der Waals surface area contributed by atoms with Gasteiger partial charge in [-0.3, -0.25) is 4.79 Å². The Morgan fingerprint density at radius 2 is 1.84 bits per heavy atom. The number of carbonyl (C=O) groups excluding carboxylic acids is 1. The SMILES string of the molecule is Cn1c(Br)c(S(=O)(=O)[NH2+]C2(C(F)(F)F)CC2)c(F)c1C(=O)Nc1ccc(F)c(C#N)c1F. The number of amides is 1. The molecular formula is C17H12BrF6N4O3S+. The van der Waals surface area contributed by atoms with Crippen LogP contribution in [0.2, 0.25) is 0 Å². The van der Waals surface area contributed by atoms with Crippen LogP contribution in [0.4, 0.5) is 32.0 Å². The van der Waals surface area contributed by atoms with E-state index in [1.807, 2.05) is 5.32 Å². The third kappa shape index (κ3) is 3.86. The quantitative estimate of drug-likeness (QED) is 0.563. The second-order valence-electron chi connectivity index (χ2n) is 7.01. The molecule has 1 amide bonds. The van der Waals surface area contributed by atoms with Crippen LogP contribution in [0.25, 0.3) is 0 Å². The van der Waals surface area contributed by atoms with Crippen LogP contribution in [-0.4, -0.2) is 30.6 Å². The minimum Gasteiger partial charge on any atom is -0.331 e. The van der Waals surface area contributed by atoms with Gasteiger partial charge in [-0.15, -0.1) is 0 Å². The molecule has 0 spiro atoms. The predicted molar refractivity (Wildman–Crippen MR) is 99.2 cm³/mol. The van der Waals surface area contributed by atoms with Crippen molar-refractivity contribution in [3.05, 3.63) is 45.4 Å². The Bertz CT molecular complexity index is 1280. The molecule has 1 fully saturated rings. The van der Waals surface area contributed by atoms with E-state index in [2.05, 4.69) is 15.9 Å². The van der Waals surface area contributed by atoms with Crippen molar-refractivity contribution in [1.29, 1.82) is 5.26 Å².